The van der Waals surface area contributed by atoms with E-state index >= 15 is 0 Å². The average Bonchev–Trinajstić information content (AvgIpc) is 3.09. The summed E-state index contributed by atoms with van der Waals surface area (Å²) < 4.78 is 8.37. The molecule has 11 nitrogen and oxygen atoms in total. The Bertz CT molecular complexity index is 2200. The first kappa shape index (κ1) is 35.5. The van der Waals surface area contributed by atoms with Crippen LogP contribution in [0.1, 0.15) is 65.5 Å². The van der Waals surface area contributed by atoms with E-state index in [4.69, 9.17) is 4.74 Å². The van der Waals surface area contributed by atoms with Gasteiger partial charge in [-0.1, -0.05) is 39.0 Å². The Labute approximate surface area is 297 Å². The number of nitrogens with zero attached hydrogens (tertiary/aromatic N) is 5. The van der Waals surface area contributed by atoms with Gasteiger partial charge < -0.3 is 24.6 Å². The van der Waals surface area contributed by atoms with Crippen molar-refractivity contribution in [2.45, 2.75) is 72.0 Å². The molecular weight excluding hydrogens is 644 g/mol. The molecule has 6 rings (SSSR count). The van der Waals surface area contributed by atoms with Crippen molar-refractivity contribution in [1.29, 1.82) is 0 Å². The zero-order valence-electron chi connectivity index (χ0n) is 30.4. The molecule has 0 amide bonds. The molecule has 0 bridgehead atoms. The summed E-state index contributed by atoms with van der Waals surface area (Å²) in [5.74, 6) is 0.237. The second kappa shape index (κ2) is 13.8. The number of aliphatic hydroxyl groups is 1. The number of esters is 1. The number of aryl methyl sites for hydroxylation is 1. The third-order valence-corrected chi connectivity index (χ3v) is 9.30. The minimum absolute atomic E-state index is 0.0757. The molecule has 51 heavy (non-hydrogen) atoms. The Morgan fingerprint density at radius 1 is 0.961 bits per heavy atom. The molecule has 0 unspecified atom stereocenters. The van der Waals surface area contributed by atoms with Crippen LogP contribution in [0, 0.1) is 5.92 Å². The van der Waals surface area contributed by atoms with Crippen molar-refractivity contribution in [2.75, 3.05) is 23.3 Å². The summed E-state index contributed by atoms with van der Waals surface area (Å²) in [7, 11) is 1.66. The lowest BCUT2D eigenvalue weighted by molar-refractivity contribution is -0.160. The molecule has 0 saturated carbocycles. The second-order valence-electron chi connectivity index (χ2n) is 15.3. The first-order valence-corrected chi connectivity index (χ1v) is 17.3. The number of carbonyl (C=O) groups excluding carboxylic acids is 1. The maximum Gasteiger partial charge on any atom is 0.309 e. The molecule has 0 spiro atoms. The van der Waals surface area contributed by atoms with Gasteiger partial charge in [0.25, 0.3) is 11.1 Å². The molecule has 3 aromatic heterocycles. The van der Waals surface area contributed by atoms with Crippen LogP contribution < -0.4 is 21.3 Å². The molecule has 266 valence electrons. The van der Waals surface area contributed by atoms with E-state index in [1.807, 2.05) is 57.2 Å². The standard InChI is InChI=1S/C40H46N6O5/c1-39(2,3)28-11-13-31-26(19-28)21-42-46(36(31)48)34-10-8-9-30(32(34)24-47)27-20-33(37(49)44(7)23-27)43-35-14-12-29(22-41-35)45-17-15-25(16-18-45)38(50)51-40(4,5)6/h8-14,19-23,25,47H,15-18,24H2,1-7H3,(H,41,43). The number of aromatic nitrogens is 4. The summed E-state index contributed by atoms with van der Waals surface area (Å²) in [6.07, 6.45) is 6.56. The summed E-state index contributed by atoms with van der Waals surface area (Å²) >= 11 is 0. The summed E-state index contributed by atoms with van der Waals surface area (Å²) in [6, 6.07) is 16.7. The summed E-state index contributed by atoms with van der Waals surface area (Å²) in [5, 5.41) is 19.6. The van der Waals surface area contributed by atoms with Crippen LogP contribution in [0.4, 0.5) is 17.2 Å². The van der Waals surface area contributed by atoms with Crippen molar-refractivity contribution in [3.05, 3.63) is 105 Å². The molecule has 1 aliphatic heterocycles. The Balaban J connectivity index is 1.24. The molecule has 0 aliphatic carbocycles. The van der Waals surface area contributed by atoms with E-state index < -0.39 is 5.60 Å². The van der Waals surface area contributed by atoms with Crippen molar-refractivity contribution in [2.24, 2.45) is 13.0 Å². The van der Waals surface area contributed by atoms with Crippen molar-refractivity contribution in [1.82, 2.24) is 19.3 Å². The maximum absolute atomic E-state index is 13.7. The number of fused-ring (bicyclic) bond motifs is 1. The number of benzene rings is 2. The van der Waals surface area contributed by atoms with Gasteiger partial charge in [-0.25, -0.2) is 4.98 Å². The third-order valence-electron chi connectivity index (χ3n) is 9.30. The van der Waals surface area contributed by atoms with Crippen molar-refractivity contribution in [3.63, 3.8) is 0 Å². The normalized spacial score (nSPS) is 14.2. The summed E-state index contributed by atoms with van der Waals surface area (Å²) in [6.45, 7) is 13.1. The van der Waals surface area contributed by atoms with Crippen LogP contribution >= 0.6 is 0 Å². The number of rotatable bonds is 7. The lowest BCUT2D eigenvalue weighted by Crippen LogP contribution is -2.38. The molecule has 5 aromatic rings. The van der Waals surface area contributed by atoms with Gasteiger partial charge in [-0.3, -0.25) is 14.4 Å². The van der Waals surface area contributed by atoms with Crippen LogP contribution in [-0.4, -0.2) is 49.1 Å². The molecule has 2 aromatic carbocycles. The number of carbonyl (C=O) groups is 1. The quantitative estimate of drug-likeness (QED) is 0.191. The average molecular weight is 691 g/mol. The molecule has 0 radical (unpaired) electrons. The number of ether oxygens (including phenoxy) is 1. The number of pyridine rings is 2. The monoisotopic (exact) mass is 690 g/mol. The van der Waals surface area contributed by atoms with E-state index in [1.54, 1.807) is 43.8 Å². The van der Waals surface area contributed by atoms with E-state index in [-0.39, 0.29) is 35.0 Å². The number of hydrogen-bond donors (Lipinski definition) is 2. The zero-order valence-corrected chi connectivity index (χ0v) is 30.4. The van der Waals surface area contributed by atoms with Gasteiger partial charge in [0.05, 0.1) is 41.7 Å². The molecule has 2 N–H and O–H groups in total. The topological polar surface area (TPSA) is 132 Å². The van der Waals surface area contributed by atoms with Crippen LogP contribution in [-0.2, 0) is 28.6 Å². The first-order chi connectivity index (χ1) is 24.1. The fraction of sp³-hybridized carbons (Fsp3) is 0.375. The molecule has 1 saturated heterocycles. The van der Waals surface area contributed by atoms with E-state index in [2.05, 4.69) is 41.1 Å². The highest BCUT2D eigenvalue weighted by Gasteiger charge is 2.29. The smallest absolute Gasteiger partial charge is 0.309 e. The van der Waals surface area contributed by atoms with E-state index in [9.17, 15) is 19.5 Å². The second-order valence-corrected chi connectivity index (χ2v) is 15.3. The molecular formula is C40H46N6O5. The Morgan fingerprint density at radius 3 is 2.35 bits per heavy atom. The molecule has 1 aliphatic rings. The Morgan fingerprint density at radius 2 is 1.71 bits per heavy atom. The lowest BCUT2D eigenvalue weighted by Gasteiger charge is -2.33. The Hall–Kier alpha value is -5.29. The molecule has 1 fully saturated rings. The lowest BCUT2D eigenvalue weighted by atomic mass is 9.86. The minimum Gasteiger partial charge on any atom is -0.460 e. The van der Waals surface area contributed by atoms with Crippen LogP contribution in [0.15, 0.2) is 82.8 Å². The van der Waals surface area contributed by atoms with Crippen LogP contribution in [0.2, 0.25) is 0 Å². The number of anilines is 3. The largest absolute Gasteiger partial charge is 0.460 e. The van der Waals surface area contributed by atoms with Gasteiger partial charge in [-0.15, -0.1) is 0 Å². The van der Waals surface area contributed by atoms with Gasteiger partial charge in [-0.2, -0.15) is 9.78 Å². The van der Waals surface area contributed by atoms with Crippen molar-refractivity contribution < 1.29 is 14.6 Å². The van der Waals surface area contributed by atoms with Gasteiger partial charge in [0.2, 0.25) is 0 Å². The predicted octanol–water partition coefficient (Wildman–Crippen LogP) is 6.24. The van der Waals surface area contributed by atoms with Gasteiger partial charge in [0.1, 0.15) is 17.1 Å². The van der Waals surface area contributed by atoms with Crippen molar-refractivity contribution in [3.8, 4) is 16.8 Å². The van der Waals surface area contributed by atoms with Gasteiger partial charge in [-0.05, 0) is 86.6 Å². The van der Waals surface area contributed by atoms with Crippen molar-refractivity contribution >= 4 is 33.9 Å². The highest BCUT2D eigenvalue weighted by Crippen LogP contribution is 2.31. The highest BCUT2D eigenvalue weighted by molar-refractivity contribution is 5.82. The summed E-state index contributed by atoms with van der Waals surface area (Å²) in [5.41, 5.74) is 3.50. The third kappa shape index (κ3) is 7.58. The van der Waals surface area contributed by atoms with E-state index in [0.29, 0.717) is 65.2 Å². The van der Waals surface area contributed by atoms with Crippen LogP contribution in [0.5, 0.6) is 0 Å². The van der Waals surface area contributed by atoms with Gasteiger partial charge in [0.15, 0.2) is 0 Å². The number of nitrogens with one attached hydrogen (secondary N) is 1. The SMILES string of the molecule is Cn1cc(-c2cccc(-n3ncc4cc(C(C)(C)C)ccc4c3=O)c2CO)cc(Nc2ccc(N3CCC(C(=O)OC(C)(C)C)CC3)cn2)c1=O. The first-order valence-electron chi connectivity index (χ1n) is 17.3. The molecule has 11 heteroatoms. The fourth-order valence-electron chi connectivity index (χ4n) is 6.49. The Kier molecular flexibility index (Phi) is 9.61. The van der Waals surface area contributed by atoms with Crippen LogP contribution in [0.3, 0.4) is 0 Å². The molecule has 0 atom stereocenters. The van der Waals surface area contributed by atoms with Gasteiger partial charge >= 0.3 is 5.97 Å². The number of hydrogen-bond acceptors (Lipinski definition) is 9. The fourth-order valence-corrected chi connectivity index (χ4v) is 6.49. The van der Waals surface area contributed by atoms with E-state index in [1.165, 1.54) is 9.25 Å². The van der Waals surface area contributed by atoms with Crippen LogP contribution in [0.25, 0.3) is 27.6 Å². The number of aliphatic hydroxyl groups excluding tert-OH is 1. The maximum atomic E-state index is 13.7. The summed E-state index contributed by atoms with van der Waals surface area (Å²) in [4.78, 5) is 46.3. The number of piperidine rings is 1. The van der Waals surface area contributed by atoms with Gasteiger partial charge in [0, 0.05) is 42.8 Å². The van der Waals surface area contributed by atoms with E-state index in [0.717, 1.165) is 16.6 Å². The predicted molar refractivity (Wildman–Crippen MR) is 201 cm³/mol. The zero-order chi connectivity index (χ0) is 36.7. The minimum atomic E-state index is -0.500. The molecule has 4 heterocycles. The highest BCUT2D eigenvalue weighted by atomic mass is 16.6.